The molecule has 6 nitrogen and oxygen atoms in total. The van der Waals surface area contributed by atoms with E-state index in [-0.39, 0.29) is 17.7 Å². The molecule has 0 aliphatic rings. The Bertz CT molecular complexity index is 540. The summed E-state index contributed by atoms with van der Waals surface area (Å²) in [5, 5.41) is 22.0. The van der Waals surface area contributed by atoms with Crippen molar-refractivity contribution in [2.24, 2.45) is 0 Å². The molecule has 7 heteroatoms. The first-order valence-electron chi connectivity index (χ1n) is 5.48. The van der Waals surface area contributed by atoms with Crippen molar-refractivity contribution in [3.63, 3.8) is 0 Å². The van der Waals surface area contributed by atoms with E-state index in [0.717, 1.165) is 12.1 Å². The molecule has 0 saturated carbocycles. The first-order valence-corrected chi connectivity index (χ1v) is 5.48. The number of anilines is 1. The number of carbonyl (C=O) groups is 2. The van der Waals surface area contributed by atoms with Gasteiger partial charge in [-0.1, -0.05) is 6.92 Å². The molecule has 0 aliphatic carbocycles. The van der Waals surface area contributed by atoms with Crippen LogP contribution in [0.2, 0.25) is 0 Å². The largest absolute Gasteiger partial charge is 0.480 e. The van der Waals surface area contributed by atoms with Crippen molar-refractivity contribution in [2.45, 2.75) is 19.4 Å². The number of hydrogen-bond acceptors (Lipinski definition) is 3. The Kier molecular flexibility index (Phi) is 4.83. The monoisotopic (exact) mass is 265 g/mol. The fourth-order valence-corrected chi connectivity index (χ4v) is 1.35. The van der Waals surface area contributed by atoms with Gasteiger partial charge >= 0.3 is 12.0 Å². The van der Waals surface area contributed by atoms with Gasteiger partial charge in [-0.2, -0.15) is 5.26 Å². The van der Waals surface area contributed by atoms with Crippen LogP contribution in [0.15, 0.2) is 18.2 Å². The molecule has 1 unspecified atom stereocenters. The summed E-state index contributed by atoms with van der Waals surface area (Å²) in [6.07, 6.45) is 0.232. The van der Waals surface area contributed by atoms with Gasteiger partial charge in [-0.25, -0.2) is 14.0 Å². The molecule has 0 aromatic heterocycles. The van der Waals surface area contributed by atoms with Crippen LogP contribution in [-0.4, -0.2) is 23.1 Å². The normalized spacial score (nSPS) is 11.2. The lowest BCUT2D eigenvalue weighted by Gasteiger charge is -2.13. The SMILES string of the molecule is CCC(NC(=O)Nc1ccc(F)c(C#N)c1)C(=O)O. The van der Waals surface area contributed by atoms with Gasteiger partial charge in [0.1, 0.15) is 17.9 Å². The van der Waals surface area contributed by atoms with Gasteiger partial charge < -0.3 is 15.7 Å². The molecule has 0 heterocycles. The van der Waals surface area contributed by atoms with Crippen molar-refractivity contribution in [1.82, 2.24) is 5.32 Å². The molecule has 0 fully saturated rings. The predicted molar refractivity (Wildman–Crippen MR) is 65.0 cm³/mol. The lowest BCUT2D eigenvalue weighted by atomic mass is 10.2. The zero-order valence-electron chi connectivity index (χ0n) is 10.1. The summed E-state index contributed by atoms with van der Waals surface area (Å²) in [5.41, 5.74) is -0.00114. The molecule has 1 aromatic carbocycles. The third kappa shape index (κ3) is 3.96. The Morgan fingerprint density at radius 1 is 1.53 bits per heavy atom. The second kappa shape index (κ2) is 6.35. The second-order valence-electron chi connectivity index (χ2n) is 3.70. The van der Waals surface area contributed by atoms with Crippen LogP contribution in [0.5, 0.6) is 0 Å². The van der Waals surface area contributed by atoms with Crippen molar-refractivity contribution in [3.05, 3.63) is 29.6 Å². The highest BCUT2D eigenvalue weighted by Gasteiger charge is 2.17. The highest BCUT2D eigenvalue weighted by atomic mass is 19.1. The minimum atomic E-state index is -1.14. The number of carboxylic acid groups (broad SMARTS) is 1. The fourth-order valence-electron chi connectivity index (χ4n) is 1.35. The van der Waals surface area contributed by atoms with Crippen molar-refractivity contribution < 1.29 is 19.1 Å². The standard InChI is InChI=1S/C12H12FN3O3/c1-2-10(11(17)18)16-12(19)15-8-3-4-9(13)7(5-8)6-14/h3-5,10H,2H2,1H3,(H,17,18)(H2,15,16,19). The van der Waals surface area contributed by atoms with Gasteiger partial charge in [-0.05, 0) is 24.6 Å². The highest BCUT2D eigenvalue weighted by Crippen LogP contribution is 2.13. The molecule has 0 radical (unpaired) electrons. The van der Waals surface area contributed by atoms with Gasteiger partial charge in [0.2, 0.25) is 0 Å². The van der Waals surface area contributed by atoms with Crippen LogP contribution in [0, 0.1) is 17.1 Å². The molecule has 0 saturated heterocycles. The maximum absolute atomic E-state index is 13.0. The summed E-state index contributed by atoms with van der Waals surface area (Å²) < 4.78 is 13.0. The summed E-state index contributed by atoms with van der Waals surface area (Å²) in [7, 11) is 0. The first kappa shape index (κ1) is 14.4. The summed E-state index contributed by atoms with van der Waals surface area (Å²) in [6.45, 7) is 1.62. The molecule has 100 valence electrons. The van der Waals surface area contributed by atoms with Crippen LogP contribution < -0.4 is 10.6 Å². The van der Waals surface area contributed by atoms with Crippen LogP contribution in [0.4, 0.5) is 14.9 Å². The number of nitrogens with one attached hydrogen (secondary N) is 2. The quantitative estimate of drug-likeness (QED) is 0.770. The van der Waals surface area contributed by atoms with E-state index in [4.69, 9.17) is 10.4 Å². The van der Waals surface area contributed by atoms with E-state index in [1.165, 1.54) is 6.07 Å². The molecule has 19 heavy (non-hydrogen) atoms. The minimum absolute atomic E-state index is 0.204. The molecule has 3 N–H and O–H groups in total. The molecule has 0 spiro atoms. The topological polar surface area (TPSA) is 102 Å². The summed E-state index contributed by atoms with van der Waals surface area (Å²) >= 11 is 0. The number of hydrogen-bond donors (Lipinski definition) is 3. The van der Waals surface area contributed by atoms with E-state index < -0.39 is 23.9 Å². The maximum atomic E-state index is 13.0. The third-order valence-corrected chi connectivity index (χ3v) is 2.36. The number of aliphatic carboxylic acids is 1. The minimum Gasteiger partial charge on any atom is -0.480 e. The Labute approximate surface area is 108 Å². The van der Waals surface area contributed by atoms with Crippen LogP contribution in [0.25, 0.3) is 0 Å². The summed E-state index contributed by atoms with van der Waals surface area (Å²) in [6, 6.07) is 3.39. The van der Waals surface area contributed by atoms with Gasteiger partial charge in [0, 0.05) is 5.69 Å². The lowest BCUT2D eigenvalue weighted by Crippen LogP contribution is -2.42. The number of nitriles is 1. The number of halogens is 1. The van der Waals surface area contributed by atoms with Crippen molar-refractivity contribution in [1.29, 1.82) is 5.26 Å². The number of benzene rings is 1. The Morgan fingerprint density at radius 3 is 2.74 bits per heavy atom. The number of carbonyl (C=O) groups excluding carboxylic acids is 1. The molecule has 1 aromatic rings. The number of amides is 2. The van der Waals surface area contributed by atoms with E-state index in [1.54, 1.807) is 13.0 Å². The van der Waals surface area contributed by atoms with E-state index >= 15 is 0 Å². The third-order valence-electron chi connectivity index (χ3n) is 2.36. The molecular weight excluding hydrogens is 253 g/mol. The fraction of sp³-hybridized carbons (Fsp3) is 0.250. The molecule has 1 atom stereocenters. The average molecular weight is 265 g/mol. The van der Waals surface area contributed by atoms with E-state index in [9.17, 15) is 14.0 Å². The number of urea groups is 1. The molecule has 2 amide bonds. The molecule has 0 bridgehead atoms. The predicted octanol–water partition coefficient (Wildman–Crippen LogP) is 1.68. The van der Waals surface area contributed by atoms with Crippen molar-refractivity contribution >= 4 is 17.7 Å². The Hall–Kier alpha value is -2.62. The molecule has 1 rings (SSSR count). The Balaban J connectivity index is 2.72. The highest BCUT2D eigenvalue weighted by molar-refractivity contribution is 5.92. The van der Waals surface area contributed by atoms with E-state index in [0.29, 0.717) is 0 Å². The van der Waals surface area contributed by atoms with Gasteiger partial charge in [-0.15, -0.1) is 0 Å². The van der Waals surface area contributed by atoms with Gasteiger partial charge in [-0.3, -0.25) is 0 Å². The number of rotatable bonds is 4. The maximum Gasteiger partial charge on any atom is 0.326 e. The number of nitrogens with zero attached hydrogens (tertiary/aromatic N) is 1. The van der Waals surface area contributed by atoms with Crippen LogP contribution in [0.1, 0.15) is 18.9 Å². The summed E-state index contributed by atoms with van der Waals surface area (Å²) in [5.74, 6) is -1.83. The van der Waals surface area contributed by atoms with Crippen LogP contribution >= 0.6 is 0 Å². The van der Waals surface area contributed by atoms with Crippen molar-refractivity contribution in [3.8, 4) is 6.07 Å². The average Bonchev–Trinajstić information content (AvgIpc) is 2.37. The molecular formula is C12H12FN3O3. The smallest absolute Gasteiger partial charge is 0.326 e. The van der Waals surface area contributed by atoms with Gasteiger partial charge in [0.05, 0.1) is 5.56 Å². The van der Waals surface area contributed by atoms with Gasteiger partial charge in [0.25, 0.3) is 0 Å². The van der Waals surface area contributed by atoms with E-state index in [2.05, 4.69) is 10.6 Å². The second-order valence-corrected chi connectivity index (χ2v) is 3.70. The first-order chi connectivity index (χ1) is 8.97. The zero-order valence-corrected chi connectivity index (χ0v) is 10.1. The number of carboxylic acids is 1. The lowest BCUT2D eigenvalue weighted by molar-refractivity contribution is -0.139. The van der Waals surface area contributed by atoms with E-state index in [1.807, 2.05) is 0 Å². The van der Waals surface area contributed by atoms with Crippen LogP contribution in [-0.2, 0) is 4.79 Å². The van der Waals surface area contributed by atoms with Crippen molar-refractivity contribution in [2.75, 3.05) is 5.32 Å². The van der Waals surface area contributed by atoms with Gasteiger partial charge in [0.15, 0.2) is 0 Å². The zero-order chi connectivity index (χ0) is 14.4. The Morgan fingerprint density at radius 2 is 2.21 bits per heavy atom. The summed E-state index contributed by atoms with van der Waals surface area (Å²) in [4.78, 5) is 22.2. The molecule has 0 aliphatic heterocycles. The van der Waals surface area contributed by atoms with Crippen LogP contribution in [0.3, 0.4) is 0 Å².